The highest BCUT2D eigenvalue weighted by atomic mass is 16.5. The van der Waals surface area contributed by atoms with E-state index in [2.05, 4.69) is 20.8 Å². The van der Waals surface area contributed by atoms with E-state index in [4.69, 9.17) is 14.0 Å². The zero-order valence-corrected chi connectivity index (χ0v) is 16.3. The molecule has 1 aromatic heterocycles. The third kappa shape index (κ3) is 4.66. The number of hydrogen-bond acceptors (Lipinski definition) is 6. The predicted molar refractivity (Wildman–Crippen MR) is 108 cm³/mol. The fraction of sp³-hybridized carbons (Fsp3) is 0.286. The summed E-state index contributed by atoms with van der Waals surface area (Å²) in [7, 11) is 3.11. The van der Waals surface area contributed by atoms with E-state index in [0.29, 0.717) is 41.1 Å². The number of nitrogens with one attached hydrogen (secondary N) is 2. The minimum absolute atomic E-state index is 0.378. The molecule has 1 heterocycles. The van der Waals surface area contributed by atoms with E-state index in [9.17, 15) is 4.79 Å². The maximum atomic E-state index is 12.5. The fourth-order valence-electron chi connectivity index (χ4n) is 2.97. The van der Waals surface area contributed by atoms with Gasteiger partial charge >= 0.3 is 6.03 Å². The quantitative estimate of drug-likeness (QED) is 0.623. The van der Waals surface area contributed by atoms with Crippen LogP contribution in [0.25, 0.3) is 0 Å². The minimum atomic E-state index is -0.378. The van der Waals surface area contributed by atoms with Crippen LogP contribution in [0.3, 0.4) is 0 Å². The number of ether oxygens (including phenoxy) is 2. The molecular weight excluding hydrogens is 372 g/mol. The van der Waals surface area contributed by atoms with E-state index in [-0.39, 0.29) is 6.03 Å². The van der Waals surface area contributed by atoms with Gasteiger partial charge in [-0.05, 0) is 24.5 Å². The Kier molecular flexibility index (Phi) is 5.33. The largest absolute Gasteiger partial charge is 0.497 e. The zero-order valence-electron chi connectivity index (χ0n) is 16.3. The lowest BCUT2D eigenvalue weighted by Gasteiger charge is -2.12. The lowest BCUT2D eigenvalue weighted by molar-refractivity contribution is 0.262. The van der Waals surface area contributed by atoms with Crippen molar-refractivity contribution >= 4 is 17.4 Å². The second kappa shape index (κ2) is 8.22. The first-order valence-corrected chi connectivity index (χ1v) is 9.36. The second-order valence-corrected chi connectivity index (χ2v) is 6.83. The van der Waals surface area contributed by atoms with Gasteiger partial charge in [0.1, 0.15) is 11.5 Å². The van der Waals surface area contributed by atoms with Crippen LogP contribution in [0.15, 0.2) is 47.0 Å². The molecule has 0 spiro atoms. The number of benzene rings is 2. The smallest absolute Gasteiger partial charge is 0.323 e. The predicted octanol–water partition coefficient (Wildman–Crippen LogP) is 4.20. The highest BCUT2D eigenvalue weighted by Gasteiger charge is 2.28. The van der Waals surface area contributed by atoms with Crippen LogP contribution in [0.1, 0.15) is 36.0 Å². The molecule has 8 nitrogen and oxygen atoms in total. The van der Waals surface area contributed by atoms with Crippen molar-refractivity contribution in [1.29, 1.82) is 0 Å². The molecule has 2 amide bonds. The Balaban J connectivity index is 1.45. The SMILES string of the molecule is COc1cc(NC(=O)Nc2ccccc2Cc2nc(C3CC3)no2)cc(OC)c1. The number of aromatic nitrogens is 2. The molecule has 0 atom stereocenters. The Morgan fingerprint density at radius 1 is 1.10 bits per heavy atom. The monoisotopic (exact) mass is 394 g/mol. The van der Waals surface area contributed by atoms with E-state index in [0.717, 1.165) is 24.2 Å². The number of anilines is 2. The Labute approximate surface area is 168 Å². The lowest BCUT2D eigenvalue weighted by atomic mass is 10.1. The molecule has 0 aliphatic heterocycles. The van der Waals surface area contributed by atoms with Gasteiger partial charge in [-0.25, -0.2) is 4.79 Å². The molecule has 2 N–H and O–H groups in total. The molecule has 3 aromatic rings. The van der Waals surface area contributed by atoms with Crippen molar-refractivity contribution in [2.24, 2.45) is 0 Å². The van der Waals surface area contributed by atoms with Crippen molar-refractivity contribution in [2.75, 3.05) is 24.9 Å². The number of carbonyl (C=O) groups excluding carboxylic acids is 1. The Morgan fingerprint density at radius 2 is 1.83 bits per heavy atom. The number of methoxy groups -OCH3 is 2. The molecular formula is C21H22N4O4. The molecule has 1 saturated carbocycles. The lowest BCUT2D eigenvalue weighted by Crippen LogP contribution is -2.20. The number of para-hydroxylation sites is 1. The van der Waals surface area contributed by atoms with E-state index in [1.54, 1.807) is 32.4 Å². The number of urea groups is 1. The minimum Gasteiger partial charge on any atom is -0.497 e. The first-order chi connectivity index (χ1) is 14.1. The summed E-state index contributed by atoms with van der Waals surface area (Å²) in [6.45, 7) is 0. The summed E-state index contributed by atoms with van der Waals surface area (Å²) in [5.41, 5.74) is 2.12. The molecule has 8 heteroatoms. The van der Waals surface area contributed by atoms with Gasteiger partial charge in [-0.15, -0.1) is 0 Å². The summed E-state index contributed by atoms with van der Waals surface area (Å²) in [6, 6.07) is 12.3. The average Bonchev–Trinajstić information content (AvgIpc) is 3.48. The maximum absolute atomic E-state index is 12.5. The van der Waals surface area contributed by atoms with Crippen LogP contribution < -0.4 is 20.1 Å². The summed E-state index contributed by atoms with van der Waals surface area (Å²) < 4.78 is 15.8. The molecule has 0 saturated heterocycles. The van der Waals surface area contributed by atoms with Crippen molar-refractivity contribution in [3.8, 4) is 11.5 Å². The van der Waals surface area contributed by atoms with Crippen molar-refractivity contribution in [3.05, 3.63) is 59.7 Å². The van der Waals surface area contributed by atoms with Gasteiger partial charge in [0, 0.05) is 35.5 Å². The molecule has 1 aliphatic rings. The molecule has 0 radical (unpaired) electrons. The number of hydrogen-bond donors (Lipinski definition) is 2. The van der Waals surface area contributed by atoms with E-state index < -0.39 is 0 Å². The van der Waals surface area contributed by atoms with Gasteiger partial charge in [-0.3, -0.25) is 0 Å². The van der Waals surface area contributed by atoms with E-state index in [1.165, 1.54) is 0 Å². The van der Waals surface area contributed by atoms with E-state index >= 15 is 0 Å². The van der Waals surface area contributed by atoms with E-state index in [1.807, 2.05) is 24.3 Å². The fourth-order valence-corrected chi connectivity index (χ4v) is 2.97. The molecule has 1 aliphatic carbocycles. The molecule has 150 valence electrons. The highest BCUT2D eigenvalue weighted by Crippen LogP contribution is 2.38. The third-order valence-electron chi connectivity index (χ3n) is 4.64. The summed E-state index contributed by atoms with van der Waals surface area (Å²) >= 11 is 0. The topological polar surface area (TPSA) is 98.5 Å². The van der Waals surface area contributed by atoms with Gasteiger partial charge in [0.15, 0.2) is 5.82 Å². The maximum Gasteiger partial charge on any atom is 0.323 e. The summed E-state index contributed by atoms with van der Waals surface area (Å²) in [5, 5.41) is 9.72. The van der Waals surface area contributed by atoms with Gasteiger partial charge in [-0.2, -0.15) is 4.98 Å². The Bertz CT molecular complexity index is 991. The number of rotatable bonds is 7. The molecule has 0 unspecified atom stereocenters. The van der Waals surface area contributed by atoms with Gasteiger partial charge in [0.25, 0.3) is 0 Å². The second-order valence-electron chi connectivity index (χ2n) is 6.83. The van der Waals surface area contributed by atoms with Crippen LogP contribution in [0.4, 0.5) is 16.2 Å². The normalized spacial score (nSPS) is 13.0. The zero-order chi connectivity index (χ0) is 20.2. The molecule has 29 heavy (non-hydrogen) atoms. The molecule has 1 fully saturated rings. The molecule has 0 bridgehead atoms. The van der Waals surface area contributed by atoms with Gasteiger partial charge < -0.3 is 24.6 Å². The van der Waals surface area contributed by atoms with Crippen LogP contribution >= 0.6 is 0 Å². The number of carbonyl (C=O) groups is 1. The van der Waals surface area contributed by atoms with Crippen LogP contribution in [0.2, 0.25) is 0 Å². The molecule has 2 aromatic carbocycles. The number of amides is 2. The van der Waals surface area contributed by atoms with Crippen LogP contribution in [0.5, 0.6) is 11.5 Å². The van der Waals surface area contributed by atoms with Gasteiger partial charge in [0.2, 0.25) is 5.89 Å². The number of nitrogens with zero attached hydrogens (tertiary/aromatic N) is 2. The summed E-state index contributed by atoms with van der Waals surface area (Å²) in [4.78, 5) is 17.0. The summed E-state index contributed by atoms with van der Waals surface area (Å²) in [5.74, 6) is 2.92. The Morgan fingerprint density at radius 3 is 2.52 bits per heavy atom. The van der Waals surface area contributed by atoms with Crippen LogP contribution in [-0.4, -0.2) is 30.4 Å². The van der Waals surface area contributed by atoms with Crippen LogP contribution in [-0.2, 0) is 6.42 Å². The third-order valence-corrected chi connectivity index (χ3v) is 4.64. The first-order valence-electron chi connectivity index (χ1n) is 9.36. The summed E-state index contributed by atoms with van der Waals surface area (Å²) in [6.07, 6.45) is 2.68. The van der Waals surface area contributed by atoms with Gasteiger partial charge in [-0.1, -0.05) is 23.4 Å². The van der Waals surface area contributed by atoms with Crippen molar-refractivity contribution in [1.82, 2.24) is 10.1 Å². The van der Waals surface area contributed by atoms with Crippen molar-refractivity contribution in [2.45, 2.75) is 25.2 Å². The average molecular weight is 394 g/mol. The van der Waals surface area contributed by atoms with Crippen LogP contribution in [0, 0.1) is 0 Å². The highest BCUT2D eigenvalue weighted by molar-refractivity contribution is 6.00. The van der Waals surface area contributed by atoms with Crippen molar-refractivity contribution in [3.63, 3.8) is 0 Å². The van der Waals surface area contributed by atoms with Gasteiger partial charge in [0.05, 0.1) is 20.6 Å². The Hall–Kier alpha value is -3.55. The molecule has 4 rings (SSSR count). The standard InChI is InChI=1S/C21H22N4O4/c1-27-16-10-15(11-17(12-16)28-2)22-21(26)23-18-6-4-3-5-14(18)9-19-24-20(25-29-19)13-7-8-13/h3-6,10-13H,7-9H2,1-2H3,(H2,22,23,26). The van der Waals surface area contributed by atoms with Crippen molar-refractivity contribution < 1.29 is 18.8 Å². The first kappa shape index (κ1) is 18.8.